The van der Waals surface area contributed by atoms with Gasteiger partial charge in [-0.3, -0.25) is 34.5 Å². The van der Waals surface area contributed by atoms with Crippen LogP contribution in [-0.2, 0) is 39.8 Å². The van der Waals surface area contributed by atoms with Gasteiger partial charge < -0.3 is 19.8 Å². The predicted octanol–water partition coefficient (Wildman–Crippen LogP) is 10.3. The van der Waals surface area contributed by atoms with Crippen LogP contribution in [0.15, 0.2) is 84.9 Å². The van der Waals surface area contributed by atoms with Gasteiger partial charge in [0.2, 0.25) is 17.7 Å². The number of carboxylic acids is 1. The van der Waals surface area contributed by atoms with Gasteiger partial charge in [0, 0.05) is 75.7 Å². The van der Waals surface area contributed by atoms with Crippen LogP contribution < -0.4 is 20.4 Å². The lowest BCUT2D eigenvalue weighted by Gasteiger charge is -2.37. The van der Waals surface area contributed by atoms with Crippen LogP contribution in [0.1, 0.15) is 138 Å². The van der Waals surface area contributed by atoms with Crippen LogP contribution >= 0.6 is 11.3 Å². The third kappa shape index (κ3) is 9.83. The normalized spacial score (nSPS) is 19.2. The highest BCUT2D eigenvalue weighted by Crippen LogP contribution is 2.45. The number of piperazine rings is 1. The number of amides is 4. The molecule has 0 radical (unpaired) electrons. The van der Waals surface area contributed by atoms with Crippen LogP contribution in [0.3, 0.4) is 0 Å². The third-order valence-electron chi connectivity index (χ3n) is 16.5. The average Bonchev–Trinajstić information content (AvgIpc) is 4.01. The molecule has 7 aromatic rings. The van der Waals surface area contributed by atoms with E-state index >= 15 is 0 Å². The van der Waals surface area contributed by atoms with Gasteiger partial charge in [-0.05, 0) is 133 Å². The van der Waals surface area contributed by atoms with Crippen LogP contribution in [0.2, 0.25) is 0 Å². The van der Waals surface area contributed by atoms with Crippen molar-refractivity contribution in [3.63, 3.8) is 0 Å². The summed E-state index contributed by atoms with van der Waals surface area (Å²) in [6.45, 7) is 12.2. The van der Waals surface area contributed by atoms with Crippen LogP contribution in [0.5, 0.6) is 0 Å². The second kappa shape index (κ2) is 20.6. The molecule has 0 spiro atoms. The molecular formula is C60H65N9O6S. The van der Waals surface area contributed by atoms with Crippen LogP contribution in [0.25, 0.3) is 32.2 Å². The van der Waals surface area contributed by atoms with E-state index in [-0.39, 0.29) is 29.3 Å². The van der Waals surface area contributed by atoms with E-state index in [4.69, 9.17) is 10.1 Å². The molecule has 3 N–H and O–H groups in total. The first-order valence-corrected chi connectivity index (χ1v) is 27.6. The number of thiazole rings is 1. The molecule has 2 saturated heterocycles. The minimum absolute atomic E-state index is 0.0246. The number of fused-ring (bicyclic) bond motifs is 3. The number of piperidine rings is 1. The lowest BCUT2D eigenvalue weighted by molar-refractivity contribution is -0.134. The molecule has 6 heterocycles. The Labute approximate surface area is 446 Å². The van der Waals surface area contributed by atoms with Gasteiger partial charge in [0.05, 0.1) is 33.0 Å². The maximum absolute atomic E-state index is 13.9. The Morgan fingerprint density at radius 3 is 2.36 bits per heavy atom. The zero-order valence-corrected chi connectivity index (χ0v) is 44.8. The van der Waals surface area contributed by atoms with Crippen molar-refractivity contribution in [2.24, 2.45) is 13.0 Å². The smallest absolute Gasteiger partial charge is 0.355 e. The fourth-order valence-corrected chi connectivity index (χ4v) is 13.3. The highest BCUT2D eigenvalue weighted by Gasteiger charge is 2.35. The van der Waals surface area contributed by atoms with E-state index in [1.54, 1.807) is 0 Å². The molecule has 4 aliphatic rings. The molecule has 1 aliphatic carbocycles. The first-order chi connectivity index (χ1) is 36.6. The van der Waals surface area contributed by atoms with Gasteiger partial charge in [-0.2, -0.15) is 5.10 Å². The van der Waals surface area contributed by atoms with Crippen molar-refractivity contribution >= 4 is 78.7 Å². The molecule has 1 unspecified atom stereocenters. The summed E-state index contributed by atoms with van der Waals surface area (Å²) in [6.07, 6.45) is 6.85. The molecule has 4 amide bonds. The van der Waals surface area contributed by atoms with E-state index in [1.807, 2.05) is 71.2 Å². The Morgan fingerprint density at radius 1 is 0.842 bits per heavy atom. The summed E-state index contributed by atoms with van der Waals surface area (Å²) in [5.41, 5.74) is 10.4. The molecule has 1 atom stereocenters. The number of aromatic nitrogens is 4. The number of nitrogens with zero attached hydrogens (tertiary/aromatic N) is 7. The molecule has 11 rings (SSSR count). The summed E-state index contributed by atoms with van der Waals surface area (Å²) in [6, 6.07) is 28.1. The molecule has 76 heavy (non-hydrogen) atoms. The SMILES string of the molecule is Cc1c(-c2c(C(C)(C)C)cc(N3CCc4cccc(C(=O)Nc5nc6ccccc6s5)c4C3)nc2C(=O)O)cccc1C1CCC(CCC(=O)N2CCN(c3cccc4c(C5CCC(=O)NC5=O)nn(C)c34)CC2)CC1. The Kier molecular flexibility index (Phi) is 13.7. The van der Waals surface area contributed by atoms with Crippen LogP contribution in [0.4, 0.5) is 16.6 Å². The molecule has 3 aliphatic heterocycles. The van der Waals surface area contributed by atoms with E-state index < -0.39 is 17.3 Å². The minimum Gasteiger partial charge on any atom is -0.476 e. The maximum atomic E-state index is 13.9. The molecule has 392 valence electrons. The van der Waals surface area contributed by atoms with Crippen molar-refractivity contribution in [1.29, 1.82) is 0 Å². The number of aromatic carboxylic acids is 1. The van der Waals surface area contributed by atoms with Crippen molar-refractivity contribution in [3.05, 3.63) is 130 Å². The van der Waals surface area contributed by atoms with E-state index in [0.717, 1.165) is 86.7 Å². The Morgan fingerprint density at radius 2 is 1.61 bits per heavy atom. The van der Waals surface area contributed by atoms with Crippen molar-refractivity contribution in [2.75, 3.05) is 47.8 Å². The predicted molar refractivity (Wildman–Crippen MR) is 297 cm³/mol. The molecule has 4 aromatic carbocycles. The molecule has 3 fully saturated rings. The number of rotatable bonds is 11. The Hall–Kier alpha value is -7.46. The summed E-state index contributed by atoms with van der Waals surface area (Å²) in [5, 5.41) is 22.7. The first-order valence-electron chi connectivity index (χ1n) is 26.8. The molecule has 3 aromatic heterocycles. The van der Waals surface area contributed by atoms with Gasteiger partial charge in [-0.25, -0.2) is 14.8 Å². The Bertz CT molecular complexity index is 3420. The van der Waals surface area contributed by atoms with Gasteiger partial charge in [0.1, 0.15) is 5.82 Å². The number of hydrogen-bond acceptors (Lipinski definition) is 11. The third-order valence-corrected chi connectivity index (χ3v) is 17.4. The summed E-state index contributed by atoms with van der Waals surface area (Å²) in [4.78, 5) is 81.6. The minimum atomic E-state index is -1.08. The molecule has 15 nitrogen and oxygen atoms in total. The van der Waals surface area contributed by atoms with Gasteiger partial charge in [0.25, 0.3) is 5.91 Å². The van der Waals surface area contributed by atoms with E-state index in [0.29, 0.717) is 105 Å². The summed E-state index contributed by atoms with van der Waals surface area (Å²) in [7, 11) is 1.90. The molecule has 0 bridgehead atoms. The summed E-state index contributed by atoms with van der Waals surface area (Å²) in [5.74, 6) is -0.768. The van der Waals surface area contributed by atoms with Gasteiger partial charge >= 0.3 is 5.97 Å². The molecular weight excluding hydrogens is 975 g/mol. The number of carbonyl (C=O) groups is 5. The lowest BCUT2D eigenvalue weighted by atomic mass is 9.74. The number of carboxylic acid groups (broad SMARTS) is 1. The highest BCUT2D eigenvalue weighted by atomic mass is 32.1. The number of carbonyl (C=O) groups excluding carboxylic acids is 4. The zero-order chi connectivity index (χ0) is 53.0. The van der Waals surface area contributed by atoms with Crippen molar-refractivity contribution in [1.82, 2.24) is 30.0 Å². The number of benzene rings is 4. The summed E-state index contributed by atoms with van der Waals surface area (Å²) < 4.78 is 2.84. The number of para-hydroxylation sites is 2. The quantitative estimate of drug-likeness (QED) is 0.105. The number of pyridine rings is 1. The average molecular weight is 1040 g/mol. The van der Waals surface area contributed by atoms with E-state index in [1.165, 1.54) is 16.9 Å². The standard InChI is InChI=1S/C60H65N9O6S/c1-35-39(38-22-19-36(20-23-38)21-26-51(71)68-31-29-67(30-32-68)47-17-10-15-42-53(65-66(5)55(42)47)43-24-25-50(70)63-57(43)73)12-9-13-40(35)52-45(60(2,3)4)33-49(62-54(52)58(74)75)69-28-27-37-11-8-14-41(44(37)34-69)56(72)64-59-61-46-16-6-7-18-48(46)76-59/h6-18,33,36,38,43H,19-32,34H2,1-5H3,(H,74,75)(H,61,64,72)(H,63,70,73). The van der Waals surface area contributed by atoms with Crippen molar-refractivity contribution in [2.45, 2.75) is 109 Å². The fourth-order valence-electron chi connectivity index (χ4n) is 12.4. The van der Waals surface area contributed by atoms with E-state index in [2.05, 4.69) is 83.4 Å². The second-order valence-electron chi connectivity index (χ2n) is 22.2. The summed E-state index contributed by atoms with van der Waals surface area (Å²) >= 11 is 1.44. The van der Waals surface area contributed by atoms with Gasteiger partial charge in [0.15, 0.2) is 10.8 Å². The van der Waals surface area contributed by atoms with E-state index in [9.17, 15) is 29.1 Å². The number of nitrogens with one attached hydrogen (secondary N) is 2. The van der Waals surface area contributed by atoms with Gasteiger partial charge in [-0.1, -0.05) is 86.7 Å². The Balaban J connectivity index is 0.740. The van der Waals surface area contributed by atoms with Crippen LogP contribution in [-0.4, -0.2) is 92.1 Å². The largest absolute Gasteiger partial charge is 0.476 e. The second-order valence-corrected chi connectivity index (χ2v) is 23.2. The number of anilines is 3. The number of imide groups is 1. The van der Waals surface area contributed by atoms with Crippen LogP contribution in [0, 0.1) is 12.8 Å². The molecule has 1 saturated carbocycles. The highest BCUT2D eigenvalue weighted by molar-refractivity contribution is 7.22. The fraction of sp³-hybridized carbons (Fsp3) is 0.400. The number of aryl methyl sites for hydroxylation is 1. The van der Waals surface area contributed by atoms with Crippen molar-refractivity contribution < 1.29 is 29.1 Å². The molecule has 16 heteroatoms. The zero-order valence-electron chi connectivity index (χ0n) is 43.9. The maximum Gasteiger partial charge on any atom is 0.355 e. The topological polar surface area (TPSA) is 183 Å². The van der Waals surface area contributed by atoms with Gasteiger partial charge in [-0.15, -0.1) is 0 Å². The monoisotopic (exact) mass is 1040 g/mol. The lowest BCUT2D eigenvalue weighted by Crippen LogP contribution is -2.49. The van der Waals surface area contributed by atoms with Crippen molar-refractivity contribution in [3.8, 4) is 11.1 Å². The first kappa shape index (κ1) is 50.7. The number of hydrogen-bond donors (Lipinski definition) is 3.